The summed E-state index contributed by atoms with van der Waals surface area (Å²) in [4.78, 5) is 7.06. The van der Waals surface area contributed by atoms with Gasteiger partial charge in [0, 0.05) is 18.1 Å². The molecular formula is C14H31N3. The van der Waals surface area contributed by atoms with Gasteiger partial charge >= 0.3 is 0 Å². The summed E-state index contributed by atoms with van der Waals surface area (Å²) in [7, 11) is 2.17. The minimum Gasteiger partial charge on any atom is -0.369 e. The van der Waals surface area contributed by atoms with E-state index < -0.39 is 0 Å². The quantitative estimate of drug-likeness (QED) is 0.592. The molecule has 3 nitrogen and oxygen atoms in total. The second kappa shape index (κ2) is 7.00. The third-order valence-corrected chi connectivity index (χ3v) is 2.87. The average Bonchev–Trinajstić information content (AvgIpc) is 2.12. The number of aliphatic imine (C=N–C) groups is 1. The molecular weight excluding hydrogens is 210 g/mol. The van der Waals surface area contributed by atoms with Gasteiger partial charge < -0.3 is 10.2 Å². The van der Waals surface area contributed by atoms with Crippen molar-refractivity contribution in [3.05, 3.63) is 0 Å². The Morgan fingerprint density at radius 3 is 2.24 bits per heavy atom. The molecule has 3 heteroatoms. The molecule has 0 aliphatic rings. The molecule has 0 amide bonds. The Labute approximate surface area is 108 Å². The highest BCUT2D eigenvalue weighted by Gasteiger charge is 2.12. The molecule has 102 valence electrons. The number of nitrogens with zero attached hydrogens (tertiary/aromatic N) is 2. The van der Waals surface area contributed by atoms with Crippen molar-refractivity contribution >= 4 is 5.84 Å². The molecule has 0 saturated carbocycles. The van der Waals surface area contributed by atoms with E-state index in [9.17, 15) is 0 Å². The Morgan fingerprint density at radius 2 is 1.82 bits per heavy atom. The molecule has 0 aliphatic carbocycles. The van der Waals surface area contributed by atoms with Gasteiger partial charge in [0.15, 0.2) is 0 Å². The van der Waals surface area contributed by atoms with Crippen LogP contribution >= 0.6 is 0 Å². The fourth-order valence-corrected chi connectivity index (χ4v) is 1.85. The monoisotopic (exact) mass is 241 g/mol. The molecule has 2 atom stereocenters. The lowest BCUT2D eigenvalue weighted by Crippen LogP contribution is -2.40. The summed E-state index contributed by atoms with van der Waals surface area (Å²) in [5, 5.41) is 3.40. The van der Waals surface area contributed by atoms with Gasteiger partial charge in [-0.3, -0.25) is 4.99 Å². The van der Waals surface area contributed by atoms with Crippen LogP contribution in [-0.2, 0) is 0 Å². The molecule has 0 saturated heterocycles. The summed E-state index contributed by atoms with van der Waals surface area (Å²) in [5.74, 6) is 1.03. The van der Waals surface area contributed by atoms with E-state index in [-0.39, 0.29) is 5.54 Å². The standard InChI is InChI=1S/C14H31N3/c1-9-12(3)17(8)10-11(2)15-13(4)16-14(5,6)7/h11-12H,9-10H2,1-8H3,(H,15,16). The largest absolute Gasteiger partial charge is 0.369 e. The third-order valence-electron chi connectivity index (χ3n) is 2.87. The normalized spacial score (nSPS) is 17.1. The maximum absolute atomic E-state index is 4.68. The van der Waals surface area contributed by atoms with Gasteiger partial charge in [0.2, 0.25) is 0 Å². The summed E-state index contributed by atoms with van der Waals surface area (Å²) < 4.78 is 0. The summed E-state index contributed by atoms with van der Waals surface area (Å²) in [6, 6.07) is 0.965. The van der Waals surface area contributed by atoms with E-state index in [2.05, 4.69) is 63.8 Å². The highest BCUT2D eigenvalue weighted by atomic mass is 15.1. The van der Waals surface area contributed by atoms with Crippen LogP contribution in [0.15, 0.2) is 4.99 Å². The highest BCUT2D eigenvalue weighted by Crippen LogP contribution is 2.04. The fraction of sp³-hybridized carbons (Fsp3) is 0.929. The Morgan fingerprint density at radius 1 is 1.29 bits per heavy atom. The van der Waals surface area contributed by atoms with Crippen LogP contribution in [-0.4, -0.2) is 42.0 Å². The maximum atomic E-state index is 4.68. The number of hydrogen-bond donors (Lipinski definition) is 1. The molecule has 0 aromatic heterocycles. The van der Waals surface area contributed by atoms with Crippen molar-refractivity contribution in [1.29, 1.82) is 0 Å². The first-order chi connectivity index (χ1) is 7.65. The van der Waals surface area contributed by atoms with Crippen molar-refractivity contribution in [2.24, 2.45) is 4.99 Å². The van der Waals surface area contributed by atoms with E-state index in [0.717, 1.165) is 12.4 Å². The molecule has 17 heavy (non-hydrogen) atoms. The highest BCUT2D eigenvalue weighted by molar-refractivity contribution is 5.80. The van der Waals surface area contributed by atoms with Crippen molar-refractivity contribution in [3.63, 3.8) is 0 Å². The van der Waals surface area contributed by atoms with Gasteiger partial charge in [0.05, 0.1) is 11.9 Å². The smallest absolute Gasteiger partial charge is 0.0939 e. The van der Waals surface area contributed by atoms with E-state index in [0.29, 0.717) is 12.1 Å². The number of amidine groups is 1. The Bertz CT molecular complexity index is 240. The van der Waals surface area contributed by atoms with Gasteiger partial charge in [-0.2, -0.15) is 0 Å². The second-order valence-corrected chi connectivity index (χ2v) is 6.14. The lowest BCUT2D eigenvalue weighted by atomic mass is 10.1. The van der Waals surface area contributed by atoms with E-state index in [1.807, 2.05) is 6.92 Å². The molecule has 0 aliphatic heterocycles. The van der Waals surface area contributed by atoms with E-state index in [1.165, 1.54) is 6.42 Å². The first kappa shape index (κ1) is 16.4. The van der Waals surface area contributed by atoms with Crippen LogP contribution in [0.25, 0.3) is 0 Å². The number of likely N-dealkylation sites (N-methyl/N-ethyl adjacent to an activating group) is 1. The van der Waals surface area contributed by atoms with Crippen LogP contribution in [0, 0.1) is 0 Å². The van der Waals surface area contributed by atoms with Crippen LogP contribution in [0.2, 0.25) is 0 Å². The molecule has 0 bridgehead atoms. The van der Waals surface area contributed by atoms with Gasteiger partial charge in [-0.1, -0.05) is 6.92 Å². The van der Waals surface area contributed by atoms with Crippen LogP contribution < -0.4 is 5.32 Å². The van der Waals surface area contributed by atoms with E-state index >= 15 is 0 Å². The second-order valence-electron chi connectivity index (χ2n) is 6.14. The molecule has 0 fully saturated rings. The molecule has 0 heterocycles. The van der Waals surface area contributed by atoms with Crippen LogP contribution in [0.4, 0.5) is 0 Å². The number of hydrogen-bond acceptors (Lipinski definition) is 2. The van der Waals surface area contributed by atoms with E-state index in [1.54, 1.807) is 0 Å². The van der Waals surface area contributed by atoms with Crippen molar-refractivity contribution in [2.45, 2.75) is 72.5 Å². The van der Waals surface area contributed by atoms with Gasteiger partial charge in [-0.05, 0) is 55.0 Å². The molecule has 0 aromatic rings. The zero-order chi connectivity index (χ0) is 13.6. The maximum Gasteiger partial charge on any atom is 0.0939 e. The predicted octanol–water partition coefficient (Wildman–Crippen LogP) is 2.91. The average molecular weight is 241 g/mol. The van der Waals surface area contributed by atoms with Crippen molar-refractivity contribution in [2.75, 3.05) is 13.6 Å². The van der Waals surface area contributed by atoms with Gasteiger partial charge in [-0.25, -0.2) is 0 Å². The molecule has 1 N–H and O–H groups in total. The Kier molecular flexibility index (Phi) is 6.76. The lowest BCUT2D eigenvalue weighted by molar-refractivity contribution is 0.241. The summed E-state index contributed by atoms with van der Waals surface area (Å²) in [6.07, 6.45) is 1.19. The van der Waals surface area contributed by atoms with Gasteiger partial charge in [-0.15, -0.1) is 0 Å². The first-order valence-electron chi connectivity index (χ1n) is 6.68. The van der Waals surface area contributed by atoms with Crippen LogP contribution in [0.1, 0.15) is 54.9 Å². The molecule has 0 aromatic carbocycles. The Hall–Kier alpha value is -0.570. The van der Waals surface area contributed by atoms with Crippen LogP contribution in [0.3, 0.4) is 0 Å². The molecule has 0 radical (unpaired) electrons. The summed E-state index contributed by atoms with van der Waals surface area (Å²) >= 11 is 0. The van der Waals surface area contributed by atoms with Crippen LogP contribution in [0.5, 0.6) is 0 Å². The predicted molar refractivity (Wildman–Crippen MR) is 77.8 cm³/mol. The van der Waals surface area contributed by atoms with Crippen molar-refractivity contribution < 1.29 is 0 Å². The van der Waals surface area contributed by atoms with E-state index in [4.69, 9.17) is 0 Å². The molecule has 0 spiro atoms. The zero-order valence-electron chi connectivity index (χ0n) is 13.0. The molecule has 0 rings (SSSR count). The number of rotatable bonds is 5. The summed E-state index contributed by atoms with van der Waals surface area (Å²) in [5.41, 5.74) is 0.0932. The van der Waals surface area contributed by atoms with Crippen molar-refractivity contribution in [1.82, 2.24) is 10.2 Å². The lowest BCUT2D eigenvalue weighted by Gasteiger charge is -2.26. The minimum absolute atomic E-state index is 0.0932. The minimum atomic E-state index is 0.0932. The summed E-state index contributed by atoms with van der Waals surface area (Å²) in [6.45, 7) is 16.2. The SMILES string of the molecule is CCC(C)N(C)CC(C)N=C(C)NC(C)(C)C. The Balaban J connectivity index is 4.24. The molecule has 2 unspecified atom stereocenters. The zero-order valence-corrected chi connectivity index (χ0v) is 13.0. The number of nitrogens with one attached hydrogen (secondary N) is 1. The van der Waals surface area contributed by atoms with Gasteiger partial charge in [0.25, 0.3) is 0 Å². The topological polar surface area (TPSA) is 27.6 Å². The third kappa shape index (κ3) is 8.19. The van der Waals surface area contributed by atoms with Crippen molar-refractivity contribution in [3.8, 4) is 0 Å². The fourth-order valence-electron chi connectivity index (χ4n) is 1.85. The van der Waals surface area contributed by atoms with Gasteiger partial charge in [0.1, 0.15) is 0 Å². The first-order valence-corrected chi connectivity index (χ1v) is 6.68.